The Morgan fingerprint density at radius 3 is 2.22 bits per heavy atom. The second kappa shape index (κ2) is 5.69. The van der Waals surface area contributed by atoms with E-state index in [9.17, 15) is 4.79 Å². The van der Waals surface area contributed by atoms with Crippen molar-refractivity contribution in [2.75, 3.05) is 13.1 Å². The summed E-state index contributed by atoms with van der Waals surface area (Å²) in [6.45, 7) is 10.9. The molecule has 1 heterocycles. The summed E-state index contributed by atoms with van der Waals surface area (Å²) in [5.74, 6) is 6.91. The summed E-state index contributed by atoms with van der Waals surface area (Å²) in [6, 6.07) is 7.83. The third-order valence-electron chi connectivity index (χ3n) is 5.10. The Morgan fingerprint density at radius 2 is 1.74 bits per heavy atom. The van der Waals surface area contributed by atoms with Crippen molar-refractivity contribution < 1.29 is 4.79 Å². The van der Waals surface area contributed by atoms with Crippen molar-refractivity contribution in [3.63, 3.8) is 0 Å². The third kappa shape index (κ3) is 3.28. The van der Waals surface area contributed by atoms with Gasteiger partial charge in [-0.2, -0.15) is 0 Å². The molecular formula is C20H26N2O. The number of hydrogen-bond acceptors (Lipinski definition) is 2. The summed E-state index contributed by atoms with van der Waals surface area (Å²) < 4.78 is 0. The van der Waals surface area contributed by atoms with Crippen LogP contribution in [0.2, 0.25) is 0 Å². The van der Waals surface area contributed by atoms with Gasteiger partial charge in [0.1, 0.15) is 0 Å². The number of carbonyl (C=O) groups excluding carboxylic acids is 1. The van der Waals surface area contributed by atoms with Crippen molar-refractivity contribution in [2.24, 2.45) is 16.7 Å². The van der Waals surface area contributed by atoms with Gasteiger partial charge < -0.3 is 10.6 Å². The molecule has 1 aliphatic heterocycles. The minimum absolute atomic E-state index is 0.0125. The monoisotopic (exact) mass is 310 g/mol. The van der Waals surface area contributed by atoms with Crippen molar-refractivity contribution in [2.45, 2.75) is 40.2 Å². The lowest BCUT2D eigenvalue weighted by atomic mass is 9.52. The fourth-order valence-electron chi connectivity index (χ4n) is 4.19. The Morgan fingerprint density at radius 1 is 1.13 bits per heavy atom. The Labute approximate surface area is 139 Å². The molecule has 1 aromatic rings. The second-order valence-corrected chi connectivity index (χ2v) is 8.26. The van der Waals surface area contributed by atoms with E-state index in [1.54, 1.807) is 0 Å². The molecule has 2 fully saturated rings. The molecule has 122 valence electrons. The lowest BCUT2D eigenvalue weighted by molar-refractivity contribution is -0.0366. The number of benzene rings is 1. The number of nitrogens with one attached hydrogen (secondary N) is 2. The van der Waals surface area contributed by atoms with Gasteiger partial charge in [0.15, 0.2) is 0 Å². The van der Waals surface area contributed by atoms with E-state index in [0.29, 0.717) is 11.5 Å². The van der Waals surface area contributed by atoms with Gasteiger partial charge in [-0.25, -0.2) is 0 Å². The van der Waals surface area contributed by atoms with Gasteiger partial charge in [-0.15, -0.1) is 0 Å². The van der Waals surface area contributed by atoms with Crippen LogP contribution in [0.15, 0.2) is 24.3 Å². The Balaban J connectivity index is 1.64. The van der Waals surface area contributed by atoms with Gasteiger partial charge >= 0.3 is 0 Å². The molecule has 0 spiro atoms. The van der Waals surface area contributed by atoms with Crippen LogP contribution in [0.5, 0.6) is 0 Å². The van der Waals surface area contributed by atoms with E-state index in [4.69, 9.17) is 0 Å². The number of carbonyl (C=O) groups is 1. The molecule has 0 unspecified atom stereocenters. The van der Waals surface area contributed by atoms with E-state index < -0.39 is 0 Å². The fraction of sp³-hybridized carbons (Fsp3) is 0.550. The summed E-state index contributed by atoms with van der Waals surface area (Å²) in [5, 5.41) is 6.43. The molecule has 1 aliphatic carbocycles. The average Bonchev–Trinajstić information content (AvgIpc) is 2.42. The van der Waals surface area contributed by atoms with Gasteiger partial charge in [0.2, 0.25) is 0 Å². The summed E-state index contributed by atoms with van der Waals surface area (Å²) in [5.41, 5.74) is 2.01. The molecule has 3 nitrogen and oxygen atoms in total. The Bertz CT molecular complexity index is 643. The standard InChI is InChI=1S/C20H26N2O/c1-19(2)13-20(3,4)18(19)22-17(23)16-9-7-14(8-10-16)5-6-15-11-21-12-15/h7-10,15,18,21H,11-13H2,1-4H3,(H,22,23). The highest BCUT2D eigenvalue weighted by Gasteiger charge is 2.53. The molecule has 23 heavy (non-hydrogen) atoms. The highest BCUT2D eigenvalue weighted by Crippen LogP contribution is 2.53. The van der Waals surface area contributed by atoms with Gasteiger partial charge in [0, 0.05) is 36.2 Å². The summed E-state index contributed by atoms with van der Waals surface area (Å²) in [7, 11) is 0. The van der Waals surface area contributed by atoms with Gasteiger partial charge in [-0.05, 0) is 41.5 Å². The average molecular weight is 310 g/mol. The van der Waals surface area contributed by atoms with Crippen molar-refractivity contribution in [3.05, 3.63) is 35.4 Å². The molecular weight excluding hydrogens is 284 g/mol. The van der Waals surface area contributed by atoms with E-state index in [-0.39, 0.29) is 22.8 Å². The fourth-order valence-corrected chi connectivity index (χ4v) is 4.19. The molecule has 1 saturated carbocycles. The first-order chi connectivity index (χ1) is 10.8. The molecule has 0 aromatic heterocycles. The molecule has 0 radical (unpaired) electrons. The lowest BCUT2D eigenvalue weighted by Crippen LogP contribution is -2.63. The van der Waals surface area contributed by atoms with Gasteiger partial charge in [0.05, 0.1) is 0 Å². The smallest absolute Gasteiger partial charge is 0.251 e. The molecule has 3 rings (SSSR count). The van der Waals surface area contributed by atoms with Gasteiger partial charge in [-0.3, -0.25) is 4.79 Å². The minimum Gasteiger partial charge on any atom is -0.348 e. The van der Waals surface area contributed by atoms with E-state index in [2.05, 4.69) is 50.2 Å². The molecule has 1 saturated heterocycles. The van der Waals surface area contributed by atoms with Crippen LogP contribution in [0.3, 0.4) is 0 Å². The predicted octanol–water partition coefficient (Wildman–Crippen LogP) is 2.81. The molecule has 1 aromatic carbocycles. The van der Waals surface area contributed by atoms with Crippen LogP contribution in [-0.2, 0) is 0 Å². The zero-order valence-corrected chi connectivity index (χ0v) is 14.5. The number of rotatable bonds is 2. The first-order valence-corrected chi connectivity index (χ1v) is 8.41. The van der Waals surface area contributed by atoms with Gasteiger partial charge in [-0.1, -0.05) is 39.5 Å². The highest BCUT2D eigenvalue weighted by molar-refractivity contribution is 5.94. The summed E-state index contributed by atoms with van der Waals surface area (Å²) in [4.78, 5) is 12.5. The number of amides is 1. The second-order valence-electron chi connectivity index (χ2n) is 8.26. The molecule has 3 heteroatoms. The zero-order valence-electron chi connectivity index (χ0n) is 14.5. The van der Waals surface area contributed by atoms with Crippen molar-refractivity contribution in [1.82, 2.24) is 10.6 Å². The molecule has 0 atom stereocenters. The SMILES string of the molecule is CC1(C)CC(C)(C)C1NC(=O)c1ccc(C#CC2CNC2)cc1. The van der Waals surface area contributed by atoms with Crippen molar-refractivity contribution in [1.29, 1.82) is 0 Å². The maximum atomic E-state index is 12.5. The number of hydrogen-bond donors (Lipinski definition) is 2. The van der Waals surface area contributed by atoms with Gasteiger partial charge in [0.25, 0.3) is 5.91 Å². The third-order valence-corrected chi connectivity index (χ3v) is 5.10. The van der Waals surface area contributed by atoms with Crippen LogP contribution in [0, 0.1) is 28.6 Å². The summed E-state index contributed by atoms with van der Waals surface area (Å²) >= 11 is 0. The van der Waals surface area contributed by atoms with Crippen LogP contribution in [0.25, 0.3) is 0 Å². The largest absolute Gasteiger partial charge is 0.348 e. The molecule has 0 bridgehead atoms. The van der Waals surface area contributed by atoms with Crippen molar-refractivity contribution in [3.8, 4) is 11.8 Å². The zero-order chi connectivity index (χ0) is 16.7. The highest BCUT2D eigenvalue weighted by atomic mass is 16.1. The summed E-state index contributed by atoms with van der Waals surface area (Å²) in [6.07, 6.45) is 1.13. The Kier molecular flexibility index (Phi) is 3.98. The quantitative estimate of drug-likeness (QED) is 0.825. The van der Waals surface area contributed by atoms with Crippen LogP contribution in [-0.4, -0.2) is 25.0 Å². The lowest BCUT2D eigenvalue weighted by Gasteiger charge is -2.57. The molecule has 1 amide bonds. The van der Waals surface area contributed by atoms with Crippen LogP contribution in [0.1, 0.15) is 50.0 Å². The van der Waals surface area contributed by atoms with Crippen molar-refractivity contribution >= 4 is 5.91 Å². The van der Waals surface area contributed by atoms with E-state index >= 15 is 0 Å². The van der Waals surface area contributed by atoms with Crippen LogP contribution < -0.4 is 10.6 Å². The van der Waals surface area contributed by atoms with E-state index in [1.807, 2.05) is 24.3 Å². The Hall–Kier alpha value is -1.79. The predicted molar refractivity (Wildman–Crippen MR) is 93.1 cm³/mol. The molecule has 2 aliphatic rings. The van der Waals surface area contributed by atoms with Crippen LogP contribution in [0.4, 0.5) is 0 Å². The first kappa shape index (κ1) is 16.1. The normalized spacial score (nSPS) is 22.3. The maximum absolute atomic E-state index is 12.5. The van der Waals surface area contributed by atoms with E-state index in [1.165, 1.54) is 0 Å². The molecule has 2 N–H and O–H groups in total. The first-order valence-electron chi connectivity index (χ1n) is 8.41. The van der Waals surface area contributed by atoms with Crippen LogP contribution >= 0.6 is 0 Å². The van der Waals surface area contributed by atoms with E-state index in [0.717, 1.165) is 25.1 Å². The minimum atomic E-state index is 0.0125. The maximum Gasteiger partial charge on any atom is 0.251 e. The topological polar surface area (TPSA) is 41.1 Å².